The van der Waals surface area contributed by atoms with Crippen LogP contribution in [0.3, 0.4) is 0 Å². The molecule has 0 saturated heterocycles. The molecule has 1 aromatic heterocycles. The molecular weight excluding hydrogens is 164 g/mol. The molecule has 2 rings (SSSR count). The van der Waals surface area contributed by atoms with Gasteiger partial charge in [0.05, 0.1) is 0 Å². The Hall–Kier alpha value is -0.760. The van der Waals surface area contributed by atoms with Crippen LogP contribution in [0.5, 0.6) is 0 Å². The highest BCUT2D eigenvalue weighted by molar-refractivity contribution is 5.09. The molecule has 13 heavy (non-hydrogen) atoms. The smallest absolute Gasteiger partial charge is 0.132 e. The van der Waals surface area contributed by atoms with Crippen LogP contribution < -0.4 is 0 Å². The molecule has 0 aromatic carbocycles. The fraction of sp³-hybridized carbons (Fsp3) is 0.636. The lowest BCUT2D eigenvalue weighted by atomic mass is 9.99. The summed E-state index contributed by atoms with van der Waals surface area (Å²) in [7, 11) is 0. The highest BCUT2D eigenvalue weighted by Gasteiger charge is 2.26. The van der Waals surface area contributed by atoms with Crippen molar-refractivity contribution in [1.29, 1.82) is 0 Å². The molecule has 72 valence electrons. The van der Waals surface area contributed by atoms with E-state index in [4.69, 9.17) is 4.42 Å². The number of aliphatic hydroxyl groups is 1. The van der Waals surface area contributed by atoms with E-state index in [1.54, 1.807) is 0 Å². The lowest BCUT2D eigenvalue weighted by Crippen LogP contribution is -2.07. The Kier molecular flexibility index (Phi) is 2.40. The molecule has 0 spiro atoms. The Morgan fingerprint density at radius 2 is 2.08 bits per heavy atom. The van der Waals surface area contributed by atoms with E-state index >= 15 is 0 Å². The summed E-state index contributed by atoms with van der Waals surface area (Å²) in [4.78, 5) is 0. The number of rotatable bonds is 2. The maximum absolute atomic E-state index is 9.94. The van der Waals surface area contributed by atoms with Crippen LogP contribution in [-0.4, -0.2) is 5.11 Å². The molecule has 0 bridgehead atoms. The Morgan fingerprint density at radius 1 is 1.38 bits per heavy atom. The van der Waals surface area contributed by atoms with Crippen LogP contribution in [0, 0.1) is 12.8 Å². The van der Waals surface area contributed by atoms with Crippen molar-refractivity contribution in [3.05, 3.63) is 23.7 Å². The highest BCUT2D eigenvalue weighted by Crippen LogP contribution is 2.35. The first-order valence-corrected chi connectivity index (χ1v) is 5.02. The Morgan fingerprint density at radius 3 is 2.62 bits per heavy atom. The number of hydrogen-bond donors (Lipinski definition) is 1. The van der Waals surface area contributed by atoms with Crippen LogP contribution in [-0.2, 0) is 0 Å². The van der Waals surface area contributed by atoms with Crippen molar-refractivity contribution in [3.63, 3.8) is 0 Å². The van der Waals surface area contributed by atoms with Gasteiger partial charge in [-0.05, 0) is 37.8 Å². The molecule has 0 radical (unpaired) electrons. The molecule has 0 amide bonds. The minimum absolute atomic E-state index is 0.379. The predicted octanol–water partition coefficient (Wildman–Crippen LogP) is 2.81. The molecule has 1 heterocycles. The van der Waals surface area contributed by atoms with Gasteiger partial charge in [-0.15, -0.1) is 0 Å². The first kappa shape index (κ1) is 8.82. The van der Waals surface area contributed by atoms with E-state index < -0.39 is 0 Å². The first-order chi connectivity index (χ1) is 6.27. The van der Waals surface area contributed by atoms with Gasteiger partial charge in [-0.1, -0.05) is 12.8 Å². The molecule has 2 heteroatoms. The Balaban J connectivity index is 2.07. The first-order valence-electron chi connectivity index (χ1n) is 5.02. The van der Waals surface area contributed by atoms with E-state index in [1.807, 2.05) is 19.1 Å². The molecule has 1 aliphatic carbocycles. The maximum atomic E-state index is 9.94. The molecule has 0 aliphatic heterocycles. The second kappa shape index (κ2) is 3.54. The van der Waals surface area contributed by atoms with Crippen molar-refractivity contribution in [2.24, 2.45) is 5.92 Å². The minimum Gasteiger partial charge on any atom is -0.464 e. The van der Waals surface area contributed by atoms with Gasteiger partial charge in [0.1, 0.15) is 17.6 Å². The van der Waals surface area contributed by atoms with Crippen LogP contribution in [0.25, 0.3) is 0 Å². The SMILES string of the molecule is Cc1ccc(C(O)C2CCCC2)o1. The average molecular weight is 180 g/mol. The summed E-state index contributed by atoms with van der Waals surface area (Å²) in [6.07, 6.45) is 4.40. The van der Waals surface area contributed by atoms with Crippen LogP contribution in [0.2, 0.25) is 0 Å². The summed E-state index contributed by atoms with van der Waals surface area (Å²) < 4.78 is 5.41. The van der Waals surface area contributed by atoms with E-state index in [2.05, 4.69) is 0 Å². The van der Waals surface area contributed by atoms with E-state index in [0.29, 0.717) is 5.92 Å². The lowest BCUT2D eigenvalue weighted by molar-refractivity contribution is 0.0879. The Labute approximate surface area is 78.6 Å². The van der Waals surface area contributed by atoms with Crippen molar-refractivity contribution in [1.82, 2.24) is 0 Å². The van der Waals surface area contributed by atoms with Gasteiger partial charge in [0.2, 0.25) is 0 Å². The second-order valence-corrected chi connectivity index (χ2v) is 3.94. The standard InChI is InChI=1S/C11H16O2/c1-8-6-7-10(13-8)11(12)9-4-2-3-5-9/h6-7,9,11-12H,2-5H2,1H3. The van der Waals surface area contributed by atoms with Gasteiger partial charge >= 0.3 is 0 Å². The molecule has 2 nitrogen and oxygen atoms in total. The molecular formula is C11H16O2. The zero-order valence-corrected chi connectivity index (χ0v) is 7.99. The van der Waals surface area contributed by atoms with Crippen molar-refractivity contribution >= 4 is 0 Å². The van der Waals surface area contributed by atoms with Gasteiger partial charge in [-0.3, -0.25) is 0 Å². The predicted molar refractivity (Wildman–Crippen MR) is 50.4 cm³/mol. The molecule has 1 saturated carbocycles. The van der Waals surface area contributed by atoms with Gasteiger partial charge in [0.15, 0.2) is 0 Å². The molecule has 1 N–H and O–H groups in total. The van der Waals surface area contributed by atoms with E-state index in [0.717, 1.165) is 24.4 Å². The zero-order chi connectivity index (χ0) is 9.26. The van der Waals surface area contributed by atoms with E-state index in [1.165, 1.54) is 12.8 Å². The van der Waals surface area contributed by atoms with Crippen LogP contribution >= 0.6 is 0 Å². The van der Waals surface area contributed by atoms with Crippen molar-refractivity contribution in [2.75, 3.05) is 0 Å². The third kappa shape index (κ3) is 1.78. The van der Waals surface area contributed by atoms with Crippen molar-refractivity contribution < 1.29 is 9.52 Å². The summed E-state index contributed by atoms with van der Waals surface area (Å²) in [5, 5.41) is 9.94. The maximum Gasteiger partial charge on any atom is 0.132 e. The number of aryl methyl sites for hydroxylation is 1. The van der Waals surface area contributed by atoms with E-state index in [-0.39, 0.29) is 6.10 Å². The lowest BCUT2D eigenvalue weighted by Gasteiger charge is -2.14. The van der Waals surface area contributed by atoms with Gasteiger partial charge in [-0.25, -0.2) is 0 Å². The van der Waals surface area contributed by atoms with Gasteiger partial charge in [0, 0.05) is 0 Å². The topological polar surface area (TPSA) is 33.4 Å². The summed E-state index contributed by atoms with van der Waals surface area (Å²) >= 11 is 0. The summed E-state index contributed by atoms with van der Waals surface area (Å²) in [5.41, 5.74) is 0. The summed E-state index contributed by atoms with van der Waals surface area (Å²) in [5.74, 6) is 2.04. The fourth-order valence-corrected chi connectivity index (χ4v) is 2.12. The molecule has 1 aliphatic rings. The third-order valence-corrected chi connectivity index (χ3v) is 2.90. The highest BCUT2D eigenvalue weighted by atomic mass is 16.4. The van der Waals surface area contributed by atoms with E-state index in [9.17, 15) is 5.11 Å². The van der Waals surface area contributed by atoms with Crippen LogP contribution in [0.1, 0.15) is 43.3 Å². The van der Waals surface area contributed by atoms with Crippen LogP contribution in [0.4, 0.5) is 0 Å². The minimum atomic E-state index is -0.379. The van der Waals surface area contributed by atoms with Crippen molar-refractivity contribution in [2.45, 2.75) is 38.7 Å². The van der Waals surface area contributed by atoms with Crippen molar-refractivity contribution in [3.8, 4) is 0 Å². The average Bonchev–Trinajstić information content (AvgIpc) is 2.72. The molecule has 1 atom stereocenters. The third-order valence-electron chi connectivity index (χ3n) is 2.90. The van der Waals surface area contributed by atoms with Crippen LogP contribution in [0.15, 0.2) is 16.5 Å². The number of hydrogen-bond acceptors (Lipinski definition) is 2. The normalized spacial score (nSPS) is 20.8. The molecule has 1 fully saturated rings. The monoisotopic (exact) mass is 180 g/mol. The molecule has 1 unspecified atom stereocenters. The van der Waals surface area contributed by atoms with Gasteiger partial charge < -0.3 is 9.52 Å². The van der Waals surface area contributed by atoms with Gasteiger partial charge in [0.25, 0.3) is 0 Å². The Bertz CT molecular complexity index is 271. The summed E-state index contributed by atoms with van der Waals surface area (Å²) in [6, 6.07) is 3.80. The largest absolute Gasteiger partial charge is 0.464 e. The number of furan rings is 1. The summed E-state index contributed by atoms with van der Waals surface area (Å²) in [6.45, 7) is 1.91. The fourth-order valence-electron chi connectivity index (χ4n) is 2.12. The second-order valence-electron chi connectivity index (χ2n) is 3.94. The zero-order valence-electron chi connectivity index (χ0n) is 7.99. The molecule has 1 aromatic rings. The number of aliphatic hydroxyl groups excluding tert-OH is 1. The van der Waals surface area contributed by atoms with Gasteiger partial charge in [-0.2, -0.15) is 0 Å². The quantitative estimate of drug-likeness (QED) is 0.759.